The highest BCUT2D eigenvalue weighted by atomic mass is 32.2. The van der Waals surface area contributed by atoms with Crippen LogP contribution in [0.2, 0.25) is 0 Å². The van der Waals surface area contributed by atoms with Gasteiger partial charge in [-0.2, -0.15) is 0 Å². The number of unbranched alkanes of at least 4 members (excludes halogenated alkanes) is 1. The van der Waals surface area contributed by atoms with E-state index in [9.17, 15) is 9.00 Å². The first-order valence-corrected chi connectivity index (χ1v) is 7.48. The molecule has 0 bridgehead atoms. The van der Waals surface area contributed by atoms with Crippen molar-refractivity contribution in [3.8, 4) is 0 Å². The molecule has 16 heavy (non-hydrogen) atoms. The van der Waals surface area contributed by atoms with Gasteiger partial charge >= 0.3 is 5.97 Å². The van der Waals surface area contributed by atoms with Gasteiger partial charge in [-0.3, -0.25) is 9.00 Å². The van der Waals surface area contributed by atoms with Gasteiger partial charge in [0.05, 0.1) is 13.2 Å². The van der Waals surface area contributed by atoms with E-state index in [1.54, 1.807) is 6.26 Å². The molecule has 0 aliphatic rings. The molecule has 0 heterocycles. The standard InChI is InChI=1S/C11H23NO3S/c1-4-5-7-15-11(13)9-12-10(2)6-8-16(3)14/h10,12H,4-9H2,1-3H3. The lowest BCUT2D eigenvalue weighted by Gasteiger charge is -2.12. The minimum atomic E-state index is -0.763. The van der Waals surface area contributed by atoms with Crippen molar-refractivity contribution in [1.82, 2.24) is 5.32 Å². The lowest BCUT2D eigenvalue weighted by atomic mass is 10.2. The smallest absolute Gasteiger partial charge is 0.319 e. The van der Waals surface area contributed by atoms with Crippen LogP contribution >= 0.6 is 0 Å². The Kier molecular flexibility index (Phi) is 9.52. The number of esters is 1. The minimum absolute atomic E-state index is 0.197. The van der Waals surface area contributed by atoms with Crippen LogP contribution in [0.5, 0.6) is 0 Å². The Labute approximate surface area is 101 Å². The molecule has 0 radical (unpaired) electrons. The summed E-state index contributed by atoms with van der Waals surface area (Å²) in [5.41, 5.74) is 0. The van der Waals surface area contributed by atoms with E-state index in [1.807, 2.05) is 6.92 Å². The maximum Gasteiger partial charge on any atom is 0.319 e. The fourth-order valence-electron chi connectivity index (χ4n) is 1.08. The van der Waals surface area contributed by atoms with Crippen LogP contribution in [0.4, 0.5) is 0 Å². The summed E-state index contributed by atoms with van der Waals surface area (Å²) in [6.07, 6.45) is 4.44. The fourth-order valence-corrected chi connectivity index (χ4v) is 1.77. The lowest BCUT2D eigenvalue weighted by Crippen LogP contribution is -2.33. The molecule has 0 aromatic rings. The average molecular weight is 249 g/mol. The van der Waals surface area contributed by atoms with Crippen molar-refractivity contribution >= 4 is 16.8 Å². The molecule has 96 valence electrons. The highest BCUT2D eigenvalue weighted by Gasteiger charge is 2.06. The Morgan fingerprint density at radius 1 is 1.50 bits per heavy atom. The summed E-state index contributed by atoms with van der Waals surface area (Å²) in [7, 11) is -0.763. The number of ether oxygens (including phenoxy) is 1. The number of carbonyl (C=O) groups is 1. The van der Waals surface area contributed by atoms with Gasteiger partial charge in [-0.15, -0.1) is 0 Å². The topological polar surface area (TPSA) is 55.4 Å². The third-order valence-corrected chi connectivity index (χ3v) is 3.00. The second-order valence-corrected chi connectivity index (χ2v) is 5.48. The van der Waals surface area contributed by atoms with E-state index in [-0.39, 0.29) is 18.6 Å². The van der Waals surface area contributed by atoms with E-state index < -0.39 is 10.8 Å². The summed E-state index contributed by atoms with van der Waals surface area (Å²) in [6.45, 7) is 4.77. The SMILES string of the molecule is CCCCOC(=O)CNC(C)CCS(C)=O. The van der Waals surface area contributed by atoms with Crippen LogP contribution in [0.1, 0.15) is 33.1 Å². The molecular weight excluding hydrogens is 226 g/mol. The molecule has 2 unspecified atom stereocenters. The molecule has 0 amide bonds. The van der Waals surface area contributed by atoms with E-state index in [4.69, 9.17) is 4.74 Å². The van der Waals surface area contributed by atoms with Crippen LogP contribution in [0, 0.1) is 0 Å². The minimum Gasteiger partial charge on any atom is -0.465 e. The second kappa shape index (κ2) is 9.78. The van der Waals surface area contributed by atoms with Gasteiger partial charge in [-0.1, -0.05) is 13.3 Å². The monoisotopic (exact) mass is 249 g/mol. The van der Waals surface area contributed by atoms with Gasteiger partial charge in [0.2, 0.25) is 0 Å². The highest BCUT2D eigenvalue weighted by Crippen LogP contribution is 1.93. The molecule has 0 aliphatic heterocycles. The number of hydrogen-bond donors (Lipinski definition) is 1. The third kappa shape index (κ3) is 10.1. The van der Waals surface area contributed by atoms with E-state index in [2.05, 4.69) is 12.2 Å². The van der Waals surface area contributed by atoms with Crippen molar-refractivity contribution in [3.05, 3.63) is 0 Å². The summed E-state index contributed by atoms with van der Waals surface area (Å²) in [4.78, 5) is 11.2. The van der Waals surface area contributed by atoms with Crippen molar-refractivity contribution in [2.75, 3.05) is 25.2 Å². The average Bonchev–Trinajstić information content (AvgIpc) is 2.24. The molecule has 0 rings (SSSR count). The molecule has 0 aromatic carbocycles. The summed E-state index contributed by atoms with van der Waals surface area (Å²) in [5.74, 6) is 0.455. The van der Waals surface area contributed by atoms with Gasteiger partial charge in [0, 0.05) is 28.9 Å². The zero-order valence-electron chi connectivity index (χ0n) is 10.5. The zero-order valence-corrected chi connectivity index (χ0v) is 11.3. The summed E-state index contributed by atoms with van der Waals surface area (Å²) in [6, 6.07) is 0.197. The van der Waals surface area contributed by atoms with Gasteiger partial charge in [-0.05, 0) is 19.8 Å². The summed E-state index contributed by atoms with van der Waals surface area (Å²) < 4.78 is 15.8. The number of nitrogens with one attached hydrogen (secondary N) is 1. The summed E-state index contributed by atoms with van der Waals surface area (Å²) >= 11 is 0. The van der Waals surface area contributed by atoms with Crippen molar-refractivity contribution in [2.24, 2.45) is 0 Å². The number of rotatable bonds is 9. The predicted molar refractivity (Wildman–Crippen MR) is 66.9 cm³/mol. The lowest BCUT2D eigenvalue weighted by molar-refractivity contribution is -0.142. The molecule has 0 aromatic heterocycles. The van der Waals surface area contributed by atoms with E-state index >= 15 is 0 Å². The highest BCUT2D eigenvalue weighted by molar-refractivity contribution is 7.84. The maximum absolute atomic E-state index is 11.2. The first kappa shape index (κ1) is 15.6. The Hall–Kier alpha value is -0.420. The zero-order chi connectivity index (χ0) is 12.4. The molecule has 0 fully saturated rings. The van der Waals surface area contributed by atoms with Gasteiger partial charge in [0.15, 0.2) is 0 Å². The molecule has 2 atom stereocenters. The maximum atomic E-state index is 11.2. The van der Waals surface area contributed by atoms with Crippen LogP contribution in [0.3, 0.4) is 0 Å². The van der Waals surface area contributed by atoms with Crippen LogP contribution in [0.15, 0.2) is 0 Å². The van der Waals surface area contributed by atoms with Crippen LogP contribution < -0.4 is 5.32 Å². The first-order chi connectivity index (χ1) is 7.56. The van der Waals surface area contributed by atoms with Crippen molar-refractivity contribution in [1.29, 1.82) is 0 Å². The molecule has 1 N–H and O–H groups in total. The molecule has 4 nitrogen and oxygen atoms in total. The van der Waals surface area contributed by atoms with Gasteiger partial charge in [0.1, 0.15) is 0 Å². The molecule has 0 spiro atoms. The van der Waals surface area contributed by atoms with E-state index in [0.717, 1.165) is 19.3 Å². The van der Waals surface area contributed by atoms with E-state index in [1.165, 1.54) is 0 Å². The predicted octanol–water partition coefficient (Wildman–Crippen LogP) is 1.08. The fraction of sp³-hybridized carbons (Fsp3) is 0.909. The molecular formula is C11H23NO3S. The number of carbonyl (C=O) groups excluding carboxylic acids is 1. The quantitative estimate of drug-likeness (QED) is 0.491. The number of hydrogen-bond acceptors (Lipinski definition) is 4. The van der Waals surface area contributed by atoms with Crippen molar-refractivity contribution in [3.63, 3.8) is 0 Å². The van der Waals surface area contributed by atoms with Crippen molar-refractivity contribution in [2.45, 2.75) is 39.2 Å². The Morgan fingerprint density at radius 3 is 2.75 bits per heavy atom. The molecule has 0 saturated heterocycles. The normalized spacial score (nSPS) is 14.4. The Morgan fingerprint density at radius 2 is 2.19 bits per heavy atom. The largest absolute Gasteiger partial charge is 0.465 e. The van der Waals surface area contributed by atoms with Gasteiger partial charge < -0.3 is 10.1 Å². The second-order valence-electron chi connectivity index (χ2n) is 3.92. The van der Waals surface area contributed by atoms with Crippen molar-refractivity contribution < 1.29 is 13.7 Å². The summed E-state index contributed by atoms with van der Waals surface area (Å²) in [5, 5.41) is 3.06. The van der Waals surface area contributed by atoms with E-state index in [0.29, 0.717) is 12.4 Å². The van der Waals surface area contributed by atoms with Crippen LogP contribution in [-0.2, 0) is 20.3 Å². The Bertz CT molecular complexity index is 221. The van der Waals surface area contributed by atoms with Gasteiger partial charge in [-0.25, -0.2) is 0 Å². The Balaban J connectivity index is 3.47. The van der Waals surface area contributed by atoms with Gasteiger partial charge in [0.25, 0.3) is 0 Å². The van der Waals surface area contributed by atoms with Crippen LogP contribution in [-0.4, -0.2) is 41.4 Å². The third-order valence-electron chi connectivity index (χ3n) is 2.19. The molecule has 5 heteroatoms. The molecule has 0 saturated carbocycles. The molecule has 0 aliphatic carbocycles. The van der Waals surface area contributed by atoms with Crippen LogP contribution in [0.25, 0.3) is 0 Å². The first-order valence-electron chi connectivity index (χ1n) is 5.75.